The number of para-hydroxylation sites is 3. The van der Waals surface area contributed by atoms with Gasteiger partial charge in [0.15, 0.2) is 0 Å². The van der Waals surface area contributed by atoms with Crippen molar-refractivity contribution in [3.8, 4) is 0 Å². The fraction of sp³-hybridized carbons (Fsp3) is 0.318. The quantitative estimate of drug-likeness (QED) is 0.701. The van der Waals surface area contributed by atoms with Crippen LogP contribution in [0.2, 0.25) is 0 Å². The molecule has 6 heteroatoms. The number of nitrogens with zero attached hydrogens (tertiary/aromatic N) is 4. The number of fused-ring (bicyclic) bond motifs is 1. The molecule has 3 aromatic rings. The van der Waals surface area contributed by atoms with Crippen molar-refractivity contribution in [2.45, 2.75) is 32.4 Å². The van der Waals surface area contributed by atoms with Crippen molar-refractivity contribution in [3.05, 3.63) is 60.4 Å². The lowest BCUT2D eigenvalue weighted by Crippen LogP contribution is -2.33. The van der Waals surface area contributed by atoms with Gasteiger partial charge in [0.05, 0.1) is 17.1 Å². The van der Waals surface area contributed by atoms with E-state index in [9.17, 15) is 9.59 Å². The minimum Gasteiger partial charge on any atom is -0.333 e. The van der Waals surface area contributed by atoms with Crippen molar-refractivity contribution in [1.82, 2.24) is 14.5 Å². The minimum atomic E-state index is -0.0836. The number of likely N-dealkylation sites (tertiary alicyclic amines) is 1. The molecule has 0 radical (unpaired) electrons. The molecular formula is C22H24N4O2. The SMILES string of the molecule is CC(=O)N1CCC[C@@H]1c1nc2ccccc2n1CC(=O)N(C)c1ccccc1. The van der Waals surface area contributed by atoms with Crippen molar-refractivity contribution >= 4 is 28.5 Å². The molecule has 1 aliphatic heterocycles. The molecule has 0 N–H and O–H groups in total. The number of aromatic nitrogens is 2. The number of benzene rings is 2. The molecule has 28 heavy (non-hydrogen) atoms. The van der Waals surface area contributed by atoms with Crippen LogP contribution in [0.25, 0.3) is 11.0 Å². The Bertz CT molecular complexity index is 1010. The molecule has 2 amide bonds. The molecular weight excluding hydrogens is 352 g/mol. The Hall–Kier alpha value is -3.15. The summed E-state index contributed by atoms with van der Waals surface area (Å²) in [7, 11) is 1.79. The van der Waals surface area contributed by atoms with Crippen LogP contribution in [-0.4, -0.2) is 39.9 Å². The molecule has 144 valence electrons. The van der Waals surface area contributed by atoms with E-state index in [0.29, 0.717) is 0 Å². The van der Waals surface area contributed by atoms with Crippen molar-refractivity contribution in [3.63, 3.8) is 0 Å². The predicted octanol–water partition coefficient (Wildman–Crippen LogP) is 3.38. The largest absolute Gasteiger partial charge is 0.333 e. The van der Waals surface area contributed by atoms with Gasteiger partial charge >= 0.3 is 0 Å². The standard InChI is InChI=1S/C22H24N4O2/c1-16(27)25-14-8-13-20(25)22-23-18-11-6-7-12-19(18)26(22)15-21(28)24(2)17-9-4-3-5-10-17/h3-7,9-12,20H,8,13-15H2,1-2H3/t20-/m1/s1. The fourth-order valence-corrected chi connectivity index (χ4v) is 3.96. The maximum atomic E-state index is 13.0. The van der Waals surface area contributed by atoms with E-state index in [4.69, 9.17) is 4.98 Å². The number of likely N-dealkylation sites (N-methyl/N-ethyl adjacent to an activating group) is 1. The lowest BCUT2D eigenvalue weighted by molar-refractivity contribution is -0.129. The van der Waals surface area contributed by atoms with Gasteiger partial charge in [0, 0.05) is 26.2 Å². The second-order valence-corrected chi connectivity index (χ2v) is 7.20. The van der Waals surface area contributed by atoms with E-state index in [1.807, 2.05) is 64.1 Å². The number of hydrogen-bond donors (Lipinski definition) is 0. The van der Waals surface area contributed by atoms with Crippen molar-refractivity contribution in [2.24, 2.45) is 0 Å². The molecule has 1 atom stereocenters. The summed E-state index contributed by atoms with van der Waals surface area (Å²) in [6.07, 6.45) is 1.82. The lowest BCUT2D eigenvalue weighted by Gasteiger charge is -2.24. The zero-order valence-corrected chi connectivity index (χ0v) is 16.2. The number of hydrogen-bond acceptors (Lipinski definition) is 3. The third-order valence-corrected chi connectivity index (χ3v) is 5.45. The zero-order chi connectivity index (χ0) is 19.7. The Morgan fingerprint density at radius 3 is 2.57 bits per heavy atom. The summed E-state index contributed by atoms with van der Waals surface area (Å²) in [6.45, 7) is 2.52. The van der Waals surface area contributed by atoms with Gasteiger partial charge in [0.1, 0.15) is 12.4 Å². The van der Waals surface area contributed by atoms with Gasteiger partial charge in [-0.2, -0.15) is 0 Å². The van der Waals surface area contributed by atoms with Crippen LogP contribution < -0.4 is 4.90 Å². The first-order chi connectivity index (χ1) is 13.6. The summed E-state index contributed by atoms with van der Waals surface area (Å²) in [5.41, 5.74) is 2.62. The number of rotatable bonds is 4. The van der Waals surface area contributed by atoms with Crippen LogP contribution in [0.5, 0.6) is 0 Å². The first-order valence-electron chi connectivity index (χ1n) is 9.60. The predicted molar refractivity (Wildman–Crippen MR) is 109 cm³/mol. The summed E-state index contributed by atoms with van der Waals surface area (Å²) in [5.74, 6) is 0.820. The van der Waals surface area contributed by atoms with E-state index in [1.54, 1.807) is 18.9 Å². The van der Waals surface area contributed by atoms with E-state index in [0.717, 1.165) is 41.9 Å². The molecule has 1 aliphatic rings. The summed E-state index contributed by atoms with van der Waals surface area (Å²) in [4.78, 5) is 33.5. The summed E-state index contributed by atoms with van der Waals surface area (Å²) >= 11 is 0. The van der Waals surface area contributed by atoms with E-state index in [2.05, 4.69) is 0 Å². The highest BCUT2D eigenvalue weighted by molar-refractivity contribution is 5.93. The second kappa shape index (κ2) is 7.46. The van der Waals surface area contributed by atoms with Gasteiger partial charge < -0.3 is 14.4 Å². The monoisotopic (exact) mass is 376 g/mol. The zero-order valence-electron chi connectivity index (χ0n) is 16.2. The molecule has 1 fully saturated rings. The molecule has 2 heterocycles. The van der Waals surface area contributed by atoms with Crippen LogP contribution >= 0.6 is 0 Å². The fourth-order valence-electron chi connectivity index (χ4n) is 3.96. The van der Waals surface area contributed by atoms with Gasteiger partial charge in [-0.3, -0.25) is 9.59 Å². The van der Waals surface area contributed by atoms with Crippen molar-refractivity contribution in [2.75, 3.05) is 18.5 Å². The van der Waals surface area contributed by atoms with Gasteiger partial charge in [-0.05, 0) is 37.1 Å². The molecule has 0 saturated carbocycles. The Morgan fingerprint density at radius 2 is 1.82 bits per heavy atom. The summed E-state index contributed by atoms with van der Waals surface area (Å²) in [6, 6.07) is 17.3. The van der Waals surface area contributed by atoms with Gasteiger partial charge in [0.25, 0.3) is 0 Å². The maximum Gasteiger partial charge on any atom is 0.246 e. The van der Waals surface area contributed by atoms with Crippen LogP contribution in [0.15, 0.2) is 54.6 Å². The van der Waals surface area contributed by atoms with E-state index >= 15 is 0 Å². The lowest BCUT2D eigenvalue weighted by atomic mass is 10.2. The molecule has 1 saturated heterocycles. The highest BCUT2D eigenvalue weighted by Gasteiger charge is 2.32. The normalized spacial score (nSPS) is 16.5. The highest BCUT2D eigenvalue weighted by Crippen LogP contribution is 2.33. The topological polar surface area (TPSA) is 58.4 Å². The molecule has 0 bridgehead atoms. The molecule has 2 aromatic carbocycles. The number of carbonyl (C=O) groups is 2. The maximum absolute atomic E-state index is 13.0. The van der Waals surface area contributed by atoms with Gasteiger partial charge in [0.2, 0.25) is 11.8 Å². The second-order valence-electron chi connectivity index (χ2n) is 7.20. The molecule has 0 spiro atoms. The van der Waals surface area contributed by atoms with Crippen LogP contribution in [-0.2, 0) is 16.1 Å². The Balaban J connectivity index is 1.71. The summed E-state index contributed by atoms with van der Waals surface area (Å²) < 4.78 is 1.98. The first-order valence-corrected chi connectivity index (χ1v) is 9.60. The average Bonchev–Trinajstić information content (AvgIpc) is 3.33. The van der Waals surface area contributed by atoms with E-state index < -0.39 is 0 Å². The van der Waals surface area contributed by atoms with E-state index in [-0.39, 0.29) is 24.4 Å². The Labute approximate surface area is 164 Å². The third kappa shape index (κ3) is 3.26. The molecule has 0 unspecified atom stereocenters. The Morgan fingerprint density at radius 1 is 1.11 bits per heavy atom. The summed E-state index contributed by atoms with van der Waals surface area (Å²) in [5, 5.41) is 0. The molecule has 4 rings (SSSR count). The highest BCUT2D eigenvalue weighted by atomic mass is 16.2. The number of amides is 2. The molecule has 0 aliphatic carbocycles. The van der Waals surface area contributed by atoms with Crippen LogP contribution in [0.3, 0.4) is 0 Å². The average molecular weight is 376 g/mol. The first kappa shape index (κ1) is 18.2. The molecule has 6 nitrogen and oxygen atoms in total. The van der Waals surface area contributed by atoms with Crippen LogP contribution in [0.4, 0.5) is 5.69 Å². The van der Waals surface area contributed by atoms with Crippen LogP contribution in [0.1, 0.15) is 31.6 Å². The Kier molecular flexibility index (Phi) is 4.86. The molecule has 1 aromatic heterocycles. The smallest absolute Gasteiger partial charge is 0.246 e. The van der Waals surface area contributed by atoms with Crippen LogP contribution in [0, 0.1) is 0 Å². The van der Waals surface area contributed by atoms with Crippen molar-refractivity contribution < 1.29 is 9.59 Å². The minimum absolute atomic E-state index is 0.0250. The number of imidazole rings is 1. The van der Waals surface area contributed by atoms with Gasteiger partial charge in [-0.15, -0.1) is 0 Å². The van der Waals surface area contributed by atoms with Crippen molar-refractivity contribution in [1.29, 1.82) is 0 Å². The van der Waals surface area contributed by atoms with Gasteiger partial charge in [-0.25, -0.2) is 4.98 Å². The van der Waals surface area contributed by atoms with Gasteiger partial charge in [-0.1, -0.05) is 30.3 Å². The third-order valence-electron chi connectivity index (χ3n) is 5.45. The number of carbonyl (C=O) groups excluding carboxylic acids is 2. The van der Waals surface area contributed by atoms with E-state index in [1.165, 1.54) is 0 Å². The number of anilines is 1.